The van der Waals surface area contributed by atoms with E-state index in [1.165, 1.54) is 12.8 Å². The number of hydrogen-bond donors (Lipinski definition) is 1. The third-order valence-electron chi connectivity index (χ3n) is 4.62. The Morgan fingerprint density at radius 3 is 2.48 bits per heavy atom. The van der Waals surface area contributed by atoms with E-state index in [0.29, 0.717) is 0 Å². The summed E-state index contributed by atoms with van der Waals surface area (Å²) in [5, 5.41) is 3.65. The minimum Gasteiger partial charge on any atom is -0.308 e. The van der Waals surface area contributed by atoms with Crippen LogP contribution in [-0.4, -0.2) is 30.1 Å². The smallest absolute Gasteiger partial charge is 0.123 e. The van der Waals surface area contributed by atoms with Crippen molar-refractivity contribution in [1.29, 1.82) is 0 Å². The van der Waals surface area contributed by atoms with E-state index in [2.05, 4.69) is 37.1 Å². The summed E-state index contributed by atoms with van der Waals surface area (Å²) in [4.78, 5) is 2.54. The number of likely N-dealkylation sites (tertiary alicyclic amines) is 1. The summed E-state index contributed by atoms with van der Waals surface area (Å²) in [6.45, 7) is 11.9. The van der Waals surface area contributed by atoms with Crippen LogP contribution in [0.2, 0.25) is 0 Å². The number of aryl methyl sites for hydroxylation is 1. The van der Waals surface area contributed by atoms with Crippen molar-refractivity contribution in [1.82, 2.24) is 10.2 Å². The third-order valence-corrected chi connectivity index (χ3v) is 4.62. The monoisotopic (exact) mass is 292 g/mol. The van der Waals surface area contributed by atoms with Crippen LogP contribution in [0.1, 0.15) is 57.2 Å². The van der Waals surface area contributed by atoms with Gasteiger partial charge in [0, 0.05) is 5.54 Å². The molecule has 21 heavy (non-hydrogen) atoms. The fraction of sp³-hybridized carbons (Fsp3) is 0.667. The van der Waals surface area contributed by atoms with E-state index in [9.17, 15) is 4.39 Å². The molecular weight excluding hydrogens is 263 g/mol. The molecule has 0 amide bonds. The Kier molecular flexibility index (Phi) is 5.39. The molecule has 0 radical (unpaired) electrons. The number of benzene rings is 1. The van der Waals surface area contributed by atoms with Crippen molar-refractivity contribution in [2.45, 2.75) is 58.5 Å². The number of nitrogens with one attached hydrogen (secondary N) is 1. The molecule has 3 heteroatoms. The lowest BCUT2D eigenvalue weighted by Crippen LogP contribution is -2.51. The first-order valence-electron chi connectivity index (χ1n) is 8.20. The second-order valence-electron chi connectivity index (χ2n) is 6.80. The van der Waals surface area contributed by atoms with Crippen LogP contribution >= 0.6 is 0 Å². The van der Waals surface area contributed by atoms with E-state index in [1.807, 2.05) is 6.92 Å². The predicted octanol–water partition coefficient (Wildman–Crippen LogP) is 4.05. The Hall–Kier alpha value is -0.930. The van der Waals surface area contributed by atoms with Crippen molar-refractivity contribution < 1.29 is 4.39 Å². The Labute approximate surface area is 128 Å². The normalized spacial score (nSPS) is 18.1. The largest absolute Gasteiger partial charge is 0.308 e. The molecule has 1 unspecified atom stereocenters. The van der Waals surface area contributed by atoms with Gasteiger partial charge in [0.25, 0.3) is 0 Å². The van der Waals surface area contributed by atoms with Gasteiger partial charge in [-0.25, -0.2) is 4.39 Å². The Morgan fingerprint density at radius 2 is 1.90 bits per heavy atom. The summed E-state index contributed by atoms with van der Waals surface area (Å²) in [5.74, 6) is -0.134. The first kappa shape index (κ1) is 16.4. The average molecular weight is 292 g/mol. The van der Waals surface area contributed by atoms with Gasteiger partial charge in [0.2, 0.25) is 0 Å². The summed E-state index contributed by atoms with van der Waals surface area (Å²) in [6, 6.07) is 5.57. The molecule has 2 nitrogen and oxygen atoms in total. The molecule has 0 spiro atoms. The standard InChI is InChI=1S/C18H29FN2/c1-5-8-20-17(15-11-14(2)12-16(19)13-15)18(3,4)21-9-6-7-10-21/h11-13,17,20H,5-10H2,1-4H3. The van der Waals surface area contributed by atoms with Crippen LogP contribution in [0.5, 0.6) is 0 Å². The molecule has 1 aliphatic heterocycles. The van der Waals surface area contributed by atoms with Gasteiger partial charge in [-0.3, -0.25) is 4.90 Å². The molecule has 118 valence electrons. The van der Waals surface area contributed by atoms with E-state index in [1.54, 1.807) is 12.1 Å². The first-order valence-corrected chi connectivity index (χ1v) is 8.20. The van der Waals surface area contributed by atoms with Crippen molar-refractivity contribution in [2.24, 2.45) is 0 Å². The summed E-state index contributed by atoms with van der Waals surface area (Å²) in [5.41, 5.74) is 2.05. The van der Waals surface area contributed by atoms with Crippen molar-refractivity contribution in [2.75, 3.05) is 19.6 Å². The molecule has 0 aliphatic carbocycles. The van der Waals surface area contributed by atoms with Gasteiger partial charge in [0.05, 0.1) is 6.04 Å². The summed E-state index contributed by atoms with van der Waals surface area (Å²) >= 11 is 0. The van der Waals surface area contributed by atoms with Gasteiger partial charge >= 0.3 is 0 Å². The Morgan fingerprint density at radius 1 is 1.24 bits per heavy atom. The fourth-order valence-electron chi connectivity index (χ4n) is 3.47. The summed E-state index contributed by atoms with van der Waals surface area (Å²) in [7, 11) is 0. The maximum Gasteiger partial charge on any atom is 0.123 e. The lowest BCUT2D eigenvalue weighted by Gasteiger charge is -2.43. The molecular formula is C18H29FN2. The van der Waals surface area contributed by atoms with Gasteiger partial charge in [-0.1, -0.05) is 13.0 Å². The quantitative estimate of drug-likeness (QED) is 0.851. The van der Waals surface area contributed by atoms with Crippen molar-refractivity contribution in [3.63, 3.8) is 0 Å². The van der Waals surface area contributed by atoms with Crippen LogP contribution in [0.4, 0.5) is 4.39 Å². The van der Waals surface area contributed by atoms with E-state index >= 15 is 0 Å². The number of nitrogens with zero attached hydrogens (tertiary/aromatic N) is 1. The van der Waals surface area contributed by atoms with Crippen molar-refractivity contribution in [3.8, 4) is 0 Å². The molecule has 1 aromatic rings. The third kappa shape index (κ3) is 3.83. The van der Waals surface area contributed by atoms with Crippen LogP contribution in [0.3, 0.4) is 0 Å². The SMILES string of the molecule is CCCNC(c1cc(C)cc(F)c1)C(C)(C)N1CCCC1. The van der Waals surface area contributed by atoms with Gasteiger partial charge in [-0.15, -0.1) is 0 Å². The zero-order valence-corrected chi connectivity index (χ0v) is 13.9. The van der Waals surface area contributed by atoms with E-state index in [-0.39, 0.29) is 17.4 Å². The molecule has 1 fully saturated rings. The van der Waals surface area contributed by atoms with Crippen LogP contribution in [0, 0.1) is 12.7 Å². The lowest BCUT2D eigenvalue weighted by atomic mass is 9.86. The van der Waals surface area contributed by atoms with Crippen LogP contribution in [-0.2, 0) is 0 Å². The van der Waals surface area contributed by atoms with E-state index in [4.69, 9.17) is 0 Å². The molecule has 1 aliphatic rings. The van der Waals surface area contributed by atoms with Gasteiger partial charge < -0.3 is 5.32 Å². The van der Waals surface area contributed by atoms with E-state index in [0.717, 1.165) is 37.2 Å². The molecule has 2 rings (SSSR count). The molecule has 0 aromatic heterocycles. The lowest BCUT2D eigenvalue weighted by molar-refractivity contribution is 0.106. The Bertz CT molecular complexity index is 444. The van der Waals surface area contributed by atoms with Crippen molar-refractivity contribution in [3.05, 3.63) is 35.1 Å². The topological polar surface area (TPSA) is 15.3 Å². The van der Waals surface area contributed by atoms with Gasteiger partial charge in [0.1, 0.15) is 5.82 Å². The second-order valence-corrected chi connectivity index (χ2v) is 6.80. The minimum atomic E-state index is -0.134. The summed E-state index contributed by atoms with van der Waals surface area (Å²) < 4.78 is 13.8. The number of halogens is 1. The molecule has 0 bridgehead atoms. The maximum atomic E-state index is 13.8. The molecule has 1 heterocycles. The second kappa shape index (κ2) is 6.89. The molecule has 1 atom stereocenters. The molecule has 1 N–H and O–H groups in total. The predicted molar refractivity (Wildman–Crippen MR) is 87.1 cm³/mol. The highest BCUT2D eigenvalue weighted by atomic mass is 19.1. The van der Waals surface area contributed by atoms with Gasteiger partial charge in [-0.2, -0.15) is 0 Å². The van der Waals surface area contributed by atoms with Crippen molar-refractivity contribution >= 4 is 0 Å². The zero-order valence-electron chi connectivity index (χ0n) is 13.9. The van der Waals surface area contributed by atoms with E-state index < -0.39 is 0 Å². The molecule has 1 saturated heterocycles. The van der Waals surface area contributed by atoms with Crippen LogP contribution in [0.15, 0.2) is 18.2 Å². The minimum absolute atomic E-state index is 0.00803. The highest BCUT2D eigenvalue weighted by molar-refractivity contribution is 5.29. The van der Waals surface area contributed by atoms with Gasteiger partial charge in [0.15, 0.2) is 0 Å². The first-order chi connectivity index (χ1) is 9.95. The molecule has 0 saturated carbocycles. The van der Waals surface area contributed by atoms with Crippen LogP contribution in [0.25, 0.3) is 0 Å². The number of hydrogen-bond acceptors (Lipinski definition) is 2. The fourth-order valence-corrected chi connectivity index (χ4v) is 3.47. The summed E-state index contributed by atoms with van der Waals surface area (Å²) in [6.07, 6.45) is 3.62. The average Bonchev–Trinajstić information content (AvgIpc) is 2.92. The zero-order chi connectivity index (χ0) is 15.5. The Balaban J connectivity index is 2.32. The van der Waals surface area contributed by atoms with Gasteiger partial charge in [-0.05, 0) is 82.9 Å². The maximum absolute atomic E-state index is 13.8. The highest BCUT2D eigenvalue weighted by Gasteiger charge is 2.37. The molecule has 1 aromatic carbocycles. The van der Waals surface area contributed by atoms with Crippen LogP contribution < -0.4 is 5.32 Å². The number of rotatable bonds is 6. The highest BCUT2D eigenvalue weighted by Crippen LogP contribution is 2.34.